The minimum absolute atomic E-state index is 0.833. The summed E-state index contributed by atoms with van der Waals surface area (Å²) in [6.45, 7) is 0.972. The summed E-state index contributed by atoms with van der Waals surface area (Å²) in [6.07, 6.45) is 3.89. The molecule has 0 bridgehead atoms. The maximum absolute atomic E-state index is 4.56. The second-order valence-corrected chi connectivity index (χ2v) is 3.69. The van der Waals surface area contributed by atoms with Gasteiger partial charge in [-0.25, -0.2) is 15.4 Å². The molecule has 76 valence electrons. The largest absolute Gasteiger partial charge is 0.320 e. The Balaban J connectivity index is 2.20. The van der Waals surface area contributed by atoms with E-state index in [-0.39, 0.29) is 0 Å². The predicted octanol–water partition coefficient (Wildman–Crippen LogP) is 1.49. The molecular formula is C11H12N4. The summed E-state index contributed by atoms with van der Waals surface area (Å²) in [5.41, 5.74) is 9.35. The zero-order valence-electron chi connectivity index (χ0n) is 8.33. The van der Waals surface area contributed by atoms with Gasteiger partial charge in [0.2, 0.25) is 0 Å². The Labute approximate surface area is 87.7 Å². The van der Waals surface area contributed by atoms with E-state index in [2.05, 4.69) is 26.9 Å². The Hall–Kier alpha value is -1.68. The lowest BCUT2D eigenvalue weighted by Crippen LogP contribution is -2.20. The standard InChI is InChI=1S/C11H12N4/c1-3-8-7-10-9(4-2-6-13-15-10)14-11(8)12-5-1/h1,3,5,7,13,15H,2,4,6H2. The summed E-state index contributed by atoms with van der Waals surface area (Å²) in [7, 11) is 0. The number of hydrazine groups is 1. The molecule has 0 amide bonds. The molecule has 0 aromatic carbocycles. The lowest BCUT2D eigenvalue weighted by molar-refractivity contribution is 0.737. The van der Waals surface area contributed by atoms with Crippen molar-refractivity contribution in [3.63, 3.8) is 0 Å². The van der Waals surface area contributed by atoms with Crippen LogP contribution in [-0.2, 0) is 6.42 Å². The van der Waals surface area contributed by atoms with Crippen LogP contribution in [0.4, 0.5) is 5.69 Å². The van der Waals surface area contributed by atoms with Crippen LogP contribution in [0.5, 0.6) is 0 Å². The molecule has 0 radical (unpaired) electrons. The minimum Gasteiger partial charge on any atom is -0.320 e. The highest BCUT2D eigenvalue weighted by Crippen LogP contribution is 2.21. The van der Waals surface area contributed by atoms with Gasteiger partial charge < -0.3 is 5.43 Å². The lowest BCUT2D eigenvalue weighted by Gasteiger charge is -2.07. The van der Waals surface area contributed by atoms with Crippen LogP contribution in [0.15, 0.2) is 24.4 Å². The molecule has 4 nitrogen and oxygen atoms in total. The van der Waals surface area contributed by atoms with Crippen LogP contribution < -0.4 is 10.9 Å². The van der Waals surface area contributed by atoms with Crippen molar-refractivity contribution in [3.05, 3.63) is 30.1 Å². The second-order valence-electron chi connectivity index (χ2n) is 3.69. The molecule has 2 aromatic heterocycles. The topological polar surface area (TPSA) is 49.8 Å². The van der Waals surface area contributed by atoms with Crippen molar-refractivity contribution in [2.75, 3.05) is 12.0 Å². The van der Waals surface area contributed by atoms with E-state index in [4.69, 9.17) is 0 Å². The van der Waals surface area contributed by atoms with Crippen molar-refractivity contribution in [2.24, 2.45) is 0 Å². The van der Waals surface area contributed by atoms with Crippen LogP contribution in [0.3, 0.4) is 0 Å². The summed E-state index contributed by atoms with van der Waals surface area (Å²) < 4.78 is 0. The van der Waals surface area contributed by atoms with E-state index in [1.54, 1.807) is 6.20 Å². The smallest absolute Gasteiger partial charge is 0.159 e. The predicted molar refractivity (Wildman–Crippen MR) is 59.5 cm³/mol. The minimum atomic E-state index is 0.833. The molecule has 2 N–H and O–H groups in total. The van der Waals surface area contributed by atoms with E-state index in [9.17, 15) is 0 Å². The number of rotatable bonds is 0. The highest BCUT2D eigenvalue weighted by atomic mass is 15.4. The monoisotopic (exact) mass is 200 g/mol. The molecule has 0 unspecified atom stereocenters. The number of pyridine rings is 2. The van der Waals surface area contributed by atoms with Gasteiger partial charge in [-0.05, 0) is 31.0 Å². The number of nitrogens with one attached hydrogen (secondary N) is 2. The zero-order chi connectivity index (χ0) is 10.1. The third-order valence-corrected chi connectivity index (χ3v) is 2.61. The molecule has 0 atom stereocenters. The second kappa shape index (κ2) is 3.47. The Morgan fingerprint density at radius 1 is 1.33 bits per heavy atom. The SMILES string of the molecule is c1cnc2nc3c(cc2c1)NNCCC3. The van der Waals surface area contributed by atoms with Crippen LogP contribution in [0.2, 0.25) is 0 Å². The third-order valence-electron chi connectivity index (χ3n) is 2.61. The molecule has 1 aliphatic heterocycles. The first-order chi connectivity index (χ1) is 7.43. The van der Waals surface area contributed by atoms with Crippen LogP contribution in [0.25, 0.3) is 11.0 Å². The van der Waals surface area contributed by atoms with E-state index >= 15 is 0 Å². The third kappa shape index (κ3) is 1.53. The highest BCUT2D eigenvalue weighted by molar-refractivity contribution is 5.79. The van der Waals surface area contributed by atoms with E-state index in [1.165, 1.54) is 0 Å². The number of aromatic nitrogens is 2. The Kier molecular flexibility index (Phi) is 1.99. The zero-order valence-corrected chi connectivity index (χ0v) is 8.33. The molecule has 0 fully saturated rings. The summed E-state index contributed by atoms with van der Waals surface area (Å²) in [4.78, 5) is 8.82. The Morgan fingerprint density at radius 3 is 3.33 bits per heavy atom. The molecule has 15 heavy (non-hydrogen) atoms. The number of hydrogen-bond acceptors (Lipinski definition) is 4. The maximum atomic E-state index is 4.56. The number of aryl methyl sites for hydroxylation is 1. The average Bonchev–Trinajstić information content (AvgIpc) is 2.50. The van der Waals surface area contributed by atoms with E-state index in [0.717, 1.165) is 41.8 Å². The van der Waals surface area contributed by atoms with Crippen molar-refractivity contribution >= 4 is 16.7 Å². The lowest BCUT2D eigenvalue weighted by atomic mass is 10.1. The van der Waals surface area contributed by atoms with Gasteiger partial charge in [-0.1, -0.05) is 0 Å². The van der Waals surface area contributed by atoms with Crippen LogP contribution >= 0.6 is 0 Å². The molecule has 0 spiro atoms. The molecule has 3 rings (SSSR count). The summed E-state index contributed by atoms with van der Waals surface area (Å²) in [5.74, 6) is 0. The van der Waals surface area contributed by atoms with Crippen molar-refractivity contribution in [1.29, 1.82) is 0 Å². The highest BCUT2D eigenvalue weighted by Gasteiger charge is 2.09. The number of anilines is 1. The first-order valence-corrected chi connectivity index (χ1v) is 5.17. The van der Waals surface area contributed by atoms with Gasteiger partial charge in [-0.3, -0.25) is 0 Å². The quantitative estimate of drug-likeness (QED) is 0.676. The van der Waals surface area contributed by atoms with Gasteiger partial charge in [-0.2, -0.15) is 0 Å². The summed E-state index contributed by atoms with van der Waals surface area (Å²) in [5, 5.41) is 1.08. The fraction of sp³-hybridized carbons (Fsp3) is 0.273. The maximum Gasteiger partial charge on any atom is 0.159 e. The van der Waals surface area contributed by atoms with Gasteiger partial charge in [0, 0.05) is 18.1 Å². The molecule has 0 saturated heterocycles. The molecule has 0 aliphatic carbocycles. The van der Waals surface area contributed by atoms with Gasteiger partial charge >= 0.3 is 0 Å². The van der Waals surface area contributed by atoms with Crippen LogP contribution in [-0.4, -0.2) is 16.5 Å². The summed E-state index contributed by atoms with van der Waals surface area (Å²) in [6, 6.07) is 6.06. The van der Waals surface area contributed by atoms with Crippen molar-refractivity contribution in [3.8, 4) is 0 Å². The van der Waals surface area contributed by atoms with E-state index < -0.39 is 0 Å². The normalized spacial score (nSPS) is 15.5. The summed E-state index contributed by atoms with van der Waals surface area (Å²) >= 11 is 0. The van der Waals surface area contributed by atoms with Crippen LogP contribution in [0.1, 0.15) is 12.1 Å². The van der Waals surface area contributed by atoms with Crippen molar-refractivity contribution < 1.29 is 0 Å². The first-order valence-electron chi connectivity index (χ1n) is 5.17. The molecule has 1 aliphatic rings. The van der Waals surface area contributed by atoms with Crippen molar-refractivity contribution in [1.82, 2.24) is 15.4 Å². The number of nitrogens with zero attached hydrogens (tertiary/aromatic N) is 2. The van der Waals surface area contributed by atoms with Crippen LogP contribution in [0, 0.1) is 0 Å². The van der Waals surface area contributed by atoms with Gasteiger partial charge in [0.05, 0.1) is 11.4 Å². The fourth-order valence-corrected chi connectivity index (χ4v) is 1.84. The molecule has 4 heteroatoms. The average molecular weight is 200 g/mol. The van der Waals surface area contributed by atoms with Crippen molar-refractivity contribution in [2.45, 2.75) is 12.8 Å². The van der Waals surface area contributed by atoms with E-state index in [0.29, 0.717) is 0 Å². The van der Waals surface area contributed by atoms with Gasteiger partial charge in [-0.15, -0.1) is 0 Å². The Bertz CT molecular complexity index is 450. The first kappa shape index (κ1) is 8.61. The molecule has 3 heterocycles. The molecular weight excluding hydrogens is 188 g/mol. The molecule has 0 saturated carbocycles. The number of fused-ring (bicyclic) bond motifs is 2. The number of hydrogen-bond donors (Lipinski definition) is 2. The van der Waals surface area contributed by atoms with Gasteiger partial charge in [0.15, 0.2) is 5.65 Å². The molecule has 2 aromatic rings. The van der Waals surface area contributed by atoms with Gasteiger partial charge in [0.25, 0.3) is 0 Å². The Morgan fingerprint density at radius 2 is 2.33 bits per heavy atom. The van der Waals surface area contributed by atoms with E-state index in [1.807, 2.05) is 12.1 Å². The van der Waals surface area contributed by atoms with Gasteiger partial charge in [0.1, 0.15) is 0 Å². The fourth-order valence-electron chi connectivity index (χ4n) is 1.84.